The third-order valence-corrected chi connectivity index (χ3v) is 5.83. The van der Waals surface area contributed by atoms with E-state index in [-0.39, 0.29) is 18.0 Å². The highest BCUT2D eigenvalue weighted by Gasteiger charge is 2.38. The SMILES string of the molecule is Cc1cccn2c(CC(=O)N3C[C@@H]4CC[C@H]3CN(C(=O)N(C)C)C4)cnc12. The second-order valence-electron chi connectivity index (χ2n) is 8.04. The number of urea groups is 1. The zero-order valence-corrected chi connectivity index (χ0v) is 16.3. The number of rotatable bonds is 2. The molecule has 0 radical (unpaired) electrons. The van der Waals surface area contributed by atoms with Crippen molar-refractivity contribution < 1.29 is 9.59 Å². The van der Waals surface area contributed by atoms with E-state index >= 15 is 0 Å². The number of imidazole rings is 1. The lowest BCUT2D eigenvalue weighted by Gasteiger charge is -2.36. The molecule has 3 fully saturated rings. The van der Waals surface area contributed by atoms with Crippen molar-refractivity contribution >= 4 is 17.6 Å². The van der Waals surface area contributed by atoms with Crippen LogP contribution < -0.4 is 0 Å². The van der Waals surface area contributed by atoms with Gasteiger partial charge in [0.15, 0.2) is 0 Å². The molecule has 3 aliphatic heterocycles. The van der Waals surface area contributed by atoms with Crippen LogP contribution in [0.3, 0.4) is 0 Å². The van der Waals surface area contributed by atoms with E-state index in [4.69, 9.17) is 0 Å². The number of carbonyl (C=O) groups excluding carboxylic acids is 2. The number of aryl methyl sites for hydroxylation is 1. The predicted molar refractivity (Wildman–Crippen MR) is 103 cm³/mol. The minimum Gasteiger partial charge on any atom is -0.337 e. The summed E-state index contributed by atoms with van der Waals surface area (Å²) < 4.78 is 2.01. The minimum atomic E-state index is 0.0402. The molecular weight excluding hydrogens is 342 g/mol. The molecule has 0 saturated carbocycles. The van der Waals surface area contributed by atoms with Crippen molar-refractivity contribution in [3.63, 3.8) is 0 Å². The fourth-order valence-corrected chi connectivity index (χ4v) is 4.42. The van der Waals surface area contributed by atoms with Crippen LogP contribution >= 0.6 is 0 Å². The van der Waals surface area contributed by atoms with Crippen LogP contribution in [0.5, 0.6) is 0 Å². The average Bonchev–Trinajstić information content (AvgIpc) is 2.84. The van der Waals surface area contributed by atoms with Crippen LogP contribution in [0.1, 0.15) is 24.1 Å². The Labute approximate surface area is 159 Å². The van der Waals surface area contributed by atoms with E-state index in [0.717, 1.165) is 42.8 Å². The molecule has 0 N–H and O–H groups in total. The van der Waals surface area contributed by atoms with E-state index in [2.05, 4.69) is 4.98 Å². The van der Waals surface area contributed by atoms with Crippen LogP contribution in [0.2, 0.25) is 0 Å². The molecule has 0 spiro atoms. The molecule has 3 aliphatic rings. The Hall–Kier alpha value is -2.57. The lowest BCUT2D eigenvalue weighted by molar-refractivity contribution is -0.134. The van der Waals surface area contributed by atoms with Crippen molar-refractivity contribution in [2.24, 2.45) is 5.92 Å². The van der Waals surface area contributed by atoms with Crippen molar-refractivity contribution in [1.29, 1.82) is 0 Å². The van der Waals surface area contributed by atoms with Gasteiger partial charge in [-0.1, -0.05) is 6.07 Å². The van der Waals surface area contributed by atoms with Crippen molar-refractivity contribution in [3.8, 4) is 0 Å². The molecular formula is C20H27N5O2. The molecule has 2 bridgehead atoms. The Bertz CT molecular complexity index is 874. The van der Waals surface area contributed by atoms with Gasteiger partial charge in [-0.25, -0.2) is 9.78 Å². The number of pyridine rings is 1. The summed E-state index contributed by atoms with van der Waals surface area (Å²) >= 11 is 0. The maximum atomic E-state index is 13.1. The summed E-state index contributed by atoms with van der Waals surface area (Å²) in [5.74, 6) is 0.494. The van der Waals surface area contributed by atoms with Gasteiger partial charge in [0, 0.05) is 52.2 Å². The van der Waals surface area contributed by atoms with Gasteiger partial charge in [0.1, 0.15) is 5.65 Å². The lowest BCUT2D eigenvalue weighted by atomic mass is 9.94. The standard InChI is InChI=1S/C20H27N5O2/c1-14-5-4-8-24-17(10-21-19(14)24)9-18(26)25-12-15-6-7-16(25)13-23(11-15)20(27)22(2)3/h4-5,8,10,15-16H,6-7,9,11-13H2,1-3H3/t15-,16+/m1/s1. The van der Waals surface area contributed by atoms with Crippen molar-refractivity contribution in [2.45, 2.75) is 32.2 Å². The summed E-state index contributed by atoms with van der Waals surface area (Å²) in [6, 6.07) is 4.16. The molecule has 144 valence electrons. The molecule has 5 rings (SSSR count). The number of piperidine rings is 1. The Balaban J connectivity index is 1.52. The highest BCUT2D eigenvalue weighted by Crippen LogP contribution is 2.29. The molecule has 0 aliphatic carbocycles. The van der Waals surface area contributed by atoms with Crippen LogP contribution in [0, 0.1) is 12.8 Å². The van der Waals surface area contributed by atoms with Gasteiger partial charge in [-0.3, -0.25) is 4.79 Å². The number of amides is 3. The van der Waals surface area contributed by atoms with Gasteiger partial charge in [0.05, 0.1) is 12.1 Å². The third-order valence-electron chi connectivity index (χ3n) is 5.83. The number of nitrogens with zero attached hydrogens (tertiary/aromatic N) is 5. The van der Waals surface area contributed by atoms with E-state index in [1.54, 1.807) is 25.2 Å². The minimum absolute atomic E-state index is 0.0402. The van der Waals surface area contributed by atoms with Crippen LogP contribution in [0.25, 0.3) is 5.65 Å². The smallest absolute Gasteiger partial charge is 0.319 e. The number of fused-ring (bicyclic) bond motifs is 5. The zero-order valence-electron chi connectivity index (χ0n) is 16.3. The van der Waals surface area contributed by atoms with Gasteiger partial charge in [0.25, 0.3) is 0 Å². The second kappa shape index (κ2) is 6.87. The molecule has 5 heterocycles. The van der Waals surface area contributed by atoms with Crippen LogP contribution in [-0.2, 0) is 11.2 Å². The van der Waals surface area contributed by atoms with Crippen LogP contribution in [0.4, 0.5) is 4.79 Å². The largest absolute Gasteiger partial charge is 0.337 e. The van der Waals surface area contributed by atoms with Gasteiger partial charge in [-0.2, -0.15) is 0 Å². The normalized spacial score (nSPS) is 22.2. The molecule has 0 aromatic carbocycles. The molecule has 3 amide bonds. The second-order valence-corrected chi connectivity index (χ2v) is 8.04. The maximum Gasteiger partial charge on any atom is 0.319 e. The number of carbonyl (C=O) groups is 2. The fraction of sp³-hybridized carbons (Fsp3) is 0.550. The third kappa shape index (κ3) is 3.26. The quantitative estimate of drug-likeness (QED) is 0.811. The topological polar surface area (TPSA) is 61.2 Å². The first-order valence-corrected chi connectivity index (χ1v) is 9.61. The Kier molecular flexibility index (Phi) is 4.53. The van der Waals surface area contributed by atoms with Crippen molar-refractivity contribution in [2.75, 3.05) is 33.7 Å². The van der Waals surface area contributed by atoms with Crippen LogP contribution in [0.15, 0.2) is 24.5 Å². The maximum absolute atomic E-state index is 13.1. The molecule has 27 heavy (non-hydrogen) atoms. The summed E-state index contributed by atoms with van der Waals surface area (Å²) in [6.45, 7) is 4.14. The van der Waals surface area contributed by atoms with Gasteiger partial charge in [-0.15, -0.1) is 0 Å². The molecule has 2 aromatic heterocycles. The Morgan fingerprint density at radius 1 is 1.22 bits per heavy atom. The summed E-state index contributed by atoms with van der Waals surface area (Å²) in [5, 5.41) is 0. The molecule has 3 saturated heterocycles. The van der Waals surface area contributed by atoms with E-state index in [1.807, 2.05) is 39.5 Å². The lowest BCUT2D eigenvalue weighted by Crippen LogP contribution is -2.49. The van der Waals surface area contributed by atoms with E-state index in [0.29, 0.717) is 18.9 Å². The highest BCUT2D eigenvalue weighted by molar-refractivity contribution is 5.80. The summed E-state index contributed by atoms with van der Waals surface area (Å²) in [6.07, 6.45) is 6.16. The van der Waals surface area contributed by atoms with E-state index in [9.17, 15) is 9.59 Å². The number of hydrogen-bond donors (Lipinski definition) is 0. The molecule has 2 aromatic rings. The van der Waals surface area contributed by atoms with Gasteiger partial charge >= 0.3 is 6.03 Å². The Morgan fingerprint density at radius 3 is 2.81 bits per heavy atom. The number of hydrogen-bond acceptors (Lipinski definition) is 3. The van der Waals surface area contributed by atoms with Crippen LogP contribution in [-0.4, -0.2) is 75.8 Å². The van der Waals surface area contributed by atoms with Gasteiger partial charge in [0.2, 0.25) is 5.91 Å². The first kappa shape index (κ1) is 17.8. The highest BCUT2D eigenvalue weighted by atomic mass is 16.2. The summed E-state index contributed by atoms with van der Waals surface area (Å²) in [5.41, 5.74) is 2.92. The predicted octanol–water partition coefficient (Wildman–Crippen LogP) is 1.79. The monoisotopic (exact) mass is 369 g/mol. The first-order chi connectivity index (χ1) is 12.9. The molecule has 7 nitrogen and oxygen atoms in total. The van der Waals surface area contributed by atoms with E-state index in [1.165, 1.54) is 0 Å². The summed E-state index contributed by atoms with van der Waals surface area (Å²) in [4.78, 5) is 35.5. The fourth-order valence-electron chi connectivity index (χ4n) is 4.42. The first-order valence-electron chi connectivity index (χ1n) is 9.61. The molecule has 7 heteroatoms. The van der Waals surface area contributed by atoms with Gasteiger partial charge < -0.3 is 19.1 Å². The molecule has 2 atom stereocenters. The van der Waals surface area contributed by atoms with Gasteiger partial charge in [-0.05, 0) is 37.3 Å². The number of aromatic nitrogens is 2. The average molecular weight is 369 g/mol. The molecule has 0 unspecified atom stereocenters. The van der Waals surface area contributed by atoms with E-state index < -0.39 is 0 Å². The van der Waals surface area contributed by atoms with Crippen molar-refractivity contribution in [1.82, 2.24) is 24.1 Å². The summed E-state index contributed by atoms with van der Waals surface area (Å²) in [7, 11) is 3.57. The Morgan fingerprint density at radius 2 is 2.04 bits per heavy atom. The zero-order chi connectivity index (χ0) is 19.1. The van der Waals surface area contributed by atoms with Crippen molar-refractivity contribution in [3.05, 3.63) is 35.8 Å².